The van der Waals surface area contributed by atoms with Crippen molar-refractivity contribution in [2.45, 2.75) is 26.7 Å². The van der Waals surface area contributed by atoms with Crippen LogP contribution in [0.4, 0.5) is 5.82 Å². The molecule has 6 nitrogen and oxygen atoms in total. The summed E-state index contributed by atoms with van der Waals surface area (Å²) < 4.78 is 0. The maximum Gasteiger partial charge on any atom is 0.254 e. The van der Waals surface area contributed by atoms with Gasteiger partial charge in [0.05, 0.1) is 11.6 Å². The third-order valence-corrected chi connectivity index (χ3v) is 5.83. The van der Waals surface area contributed by atoms with Gasteiger partial charge in [0, 0.05) is 35.7 Å². The first-order valence-electron chi connectivity index (χ1n) is 9.76. The molecule has 2 aromatic carbocycles. The number of carbonyl (C=O) groups is 1. The van der Waals surface area contributed by atoms with Crippen LogP contribution in [0.2, 0.25) is 0 Å². The third kappa shape index (κ3) is 3.23. The third-order valence-electron chi connectivity index (χ3n) is 5.83. The molecule has 30 heavy (non-hydrogen) atoms. The largest absolute Gasteiger partial charge is 0.362 e. The van der Waals surface area contributed by atoms with E-state index in [1.165, 1.54) is 0 Å². The zero-order valence-corrected chi connectivity index (χ0v) is 17.2. The van der Waals surface area contributed by atoms with Crippen molar-refractivity contribution in [3.05, 3.63) is 81.2 Å². The molecular formula is C24H21N5O. The Labute approximate surface area is 175 Å². The standard InChI is InChI=1S/C24H21N5O/c1-14-9-15(2)21(10-20(14)22-16(3)23(26-4)28-27-22)24(30)29-12-19(13-29)18-7-5-17(11-25)6-8-18/h5-10,19H,12-13H2,1-3H3,(H,27,28). The van der Waals surface area contributed by atoms with Crippen molar-refractivity contribution in [1.29, 1.82) is 5.26 Å². The minimum absolute atomic E-state index is 0.0113. The van der Waals surface area contributed by atoms with E-state index < -0.39 is 0 Å². The Kier molecular flexibility index (Phi) is 4.85. The molecule has 1 fully saturated rings. The van der Waals surface area contributed by atoms with E-state index >= 15 is 0 Å². The second kappa shape index (κ2) is 7.50. The van der Waals surface area contributed by atoms with Crippen LogP contribution in [0.1, 0.15) is 44.1 Å². The Hall–Kier alpha value is -3.90. The van der Waals surface area contributed by atoms with Crippen LogP contribution in [-0.4, -0.2) is 34.1 Å². The number of aromatic amines is 1. The van der Waals surface area contributed by atoms with E-state index in [4.69, 9.17) is 11.8 Å². The summed E-state index contributed by atoms with van der Waals surface area (Å²) in [6.45, 7) is 14.4. The van der Waals surface area contributed by atoms with Crippen LogP contribution in [0, 0.1) is 38.7 Å². The van der Waals surface area contributed by atoms with Crippen molar-refractivity contribution in [2.75, 3.05) is 13.1 Å². The van der Waals surface area contributed by atoms with Gasteiger partial charge in [-0.25, -0.2) is 5.10 Å². The van der Waals surface area contributed by atoms with Crippen LogP contribution in [0.5, 0.6) is 0 Å². The molecule has 1 N–H and O–H groups in total. The monoisotopic (exact) mass is 395 g/mol. The number of nitriles is 1. The molecule has 1 aliphatic heterocycles. The van der Waals surface area contributed by atoms with Crippen molar-refractivity contribution < 1.29 is 4.79 Å². The fraction of sp³-hybridized carbons (Fsp3) is 0.250. The summed E-state index contributed by atoms with van der Waals surface area (Å²) in [6, 6.07) is 13.6. The average Bonchev–Trinajstić information content (AvgIpc) is 3.07. The van der Waals surface area contributed by atoms with E-state index in [1.54, 1.807) is 0 Å². The molecule has 4 rings (SSSR count). The summed E-state index contributed by atoms with van der Waals surface area (Å²) in [5, 5.41) is 16.0. The van der Waals surface area contributed by atoms with E-state index in [0.29, 0.717) is 41.6 Å². The number of benzene rings is 2. The van der Waals surface area contributed by atoms with Gasteiger partial charge in [-0.3, -0.25) is 4.79 Å². The Morgan fingerprint density at radius 3 is 2.50 bits per heavy atom. The minimum Gasteiger partial charge on any atom is -0.362 e. The quantitative estimate of drug-likeness (QED) is 0.655. The Bertz CT molecular complexity index is 1220. The molecule has 1 saturated heterocycles. The first kappa shape index (κ1) is 19.4. The van der Waals surface area contributed by atoms with Gasteiger partial charge in [-0.2, -0.15) is 5.26 Å². The van der Waals surface area contributed by atoms with Gasteiger partial charge in [-0.1, -0.05) is 24.8 Å². The van der Waals surface area contributed by atoms with Gasteiger partial charge >= 0.3 is 0 Å². The number of nitrogens with zero attached hydrogens (tertiary/aromatic N) is 4. The summed E-state index contributed by atoms with van der Waals surface area (Å²) in [6.07, 6.45) is 0. The van der Waals surface area contributed by atoms with Gasteiger partial charge < -0.3 is 9.74 Å². The molecule has 2 heterocycles. The lowest BCUT2D eigenvalue weighted by molar-refractivity contribution is 0.0601. The zero-order chi connectivity index (χ0) is 21.4. The van der Waals surface area contributed by atoms with Crippen molar-refractivity contribution in [1.82, 2.24) is 15.1 Å². The number of hydrogen-bond acceptors (Lipinski definition) is 3. The lowest BCUT2D eigenvalue weighted by Gasteiger charge is -2.40. The summed E-state index contributed by atoms with van der Waals surface area (Å²) in [7, 11) is 0. The number of H-pyrrole nitrogens is 1. The minimum atomic E-state index is 0.0113. The number of aryl methyl sites for hydroxylation is 2. The normalized spacial score (nSPS) is 13.4. The highest BCUT2D eigenvalue weighted by Crippen LogP contribution is 2.34. The average molecular weight is 395 g/mol. The van der Waals surface area contributed by atoms with E-state index in [0.717, 1.165) is 27.8 Å². The van der Waals surface area contributed by atoms with Crippen LogP contribution < -0.4 is 0 Å². The van der Waals surface area contributed by atoms with E-state index in [9.17, 15) is 4.79 Å². The van der Waals surface area contributed by atoms with Gasteiger partial charge in [0.15, 0.2) is 0 Å². The highest BCUT2D eigenvalue weighted by atomic mass is 16.2. The predicted molar refractivity (Wildman–Crippen MR) is 114 cm³/mol. The first-order chi connectivity index (χ1) is 14.4. The number of hydrogen-bond donors (Lipinski definition) is 1. The molecule has 1 aliphatic rings. The highest BCUT2D eigenvalue weighted by Gasteiger charge is 2.33. The van der Waals surface area contributed by atoms with Crippen LogP contribution in [-0.2, 0) is 0 Å². The SMILES string of the molecule is [C-]#[N+]c1[nH]nc(-c2cc(C(=O)N3CC(c4ccc(C#N)cc4)C3)c(C)cc2C)c1C. The molecule has 6 heteroatoms. The van der Waals surface area contributed by atoms with Crippen molar-refractivity contribution in [3.8, 4) is 17.3 Å². The van der Waals surface area contributed by atoms with Crippen LogP contribution in [0.3, 0.4) is 0 Å². The van der Waals surface area contributed by atoms with Gasteiger partial charge in [-0.15, -0.1) is 5.10 Å². The number of likely N-dealkylation sites (tertiary alicyclic amines) is 1. The molecule has 0 unspecified atom stereocenters. The fourth-order valence-electron chi connectivity index (χ4n) is 3.95. The molecule has 0 atom stereocenters. The van der Waals surface area contributed by atoms with Gasteiger partial charge in [0.25, 0.3) is 11.7 Å². The smallest absolute Gasteiger partial charge is 0.254 e. The second-order valence-corrected chi connectivity index (χ2v) is 7.78. The summed E-state index contributed by atoms with van der Waals surface area (Å²) in [5.41, 5.74) is 6.79. The van der Waals surface area contributed by atoms with Crippen LogP contribution >= 0.6 is 0 Å². The molecule has 0 saturated carbocycles. The second-order valence-electron chi connectivity index (χ2n) is 7.78. The molecule has 0 spiro atoms. The molecular weight excluding hydrogens is 374 g/mol. The van der Waals surface area contributed by atoms with Crippen molar-refractivity contribution in [3.63, 3.8) is 0 Å². The van der Waals surface area contributed by atoms with Gasteiger partial charge in [0.2, 0.25) is 0 Å². The topological polar surface area (TPSA) is 77.1 Å². The van der Waals surface area contributed by atoms with Crippen molar-refractivity contribution >= 4 is 11.7 Å². The van der Waals surface area contributed by atoms with Gasteiger partial charge in [0.1, 0.15) is 5.69 Å². The number of rotatable bonds is 3. The lowest BCUT2D eigenvalue weighted by Crippen LogP contribution is -2.48. The number of nitrogens with one attached hydrogen (secondary N) is 1. The molecule has 148 valence electrons. The van der Waals surface area contributed by atoms with E-state index in [2.05, 4.69) is 21.1 Å². The Balaban J connectivity index is 1.57. The number of amides is 1. The zero-order valence-electron chi connectivity index (χ0n) is 17.2. The van der Waals surface area contributed by atoms with Gasteiger partial charge in [-0.05, 0) is 55.7 Å². The fourth-order valence-corrected chi connectivity index (χ4v) is 3.95. The van der Waals surface area contributed by atoms with E-state index in [1.807, 2.05) is 62.1 Å². The Morgan fingerprint density at radius 2 is 1.90 bits per heavy atom. The van der Waals surface area contributed by atoms with Crippen LogP contribution in [0.15, 0.2) is 36.4 Å². The lowest BCUT2D eigenvalue weighted by atomic mass is 9.89. The molecule has 0 aliphatic carbocycles. The first-order valence-corrected chi connectivity index (χ1v) is 9.76. The predicted octanol–water partition coefficient (Wildman–Crippen LogP) is 4.66. The maximum absolute atomic E-state index is 13.2. The molecule has 3 aromatic rings. The number of carbonyl (C=O) groups excluding carboxylic acids is 1. The number of aromatic nitrogens is 2. The summed E-state index contributed by atoms with van der Waals surface area (Å²) in [4.78, 5) is 18.5. The van der Waals surface area contributed by atoms with Crippen molar-refractivity contribution in [2.24, 2.45) is 0 Å². The van der Waals surface area contributed by atoms with Crippen LogP contribution in [0.25, 0.3) is 16.1 Å². The molecule has 1 amide bonds. The molecule has 0 bridgehead atoms. The molecule has 1 aromatic heterocycles. The summed E-state index contributed by atoms with van der Waals surface area (Å²) >= 11 is 0. The summed E-state index contributed by atoms with van der Waals surface area (Å²) in [5.74, 6) is 0.727. The van der Waals surface area contributed by atoms with E-state index in [-0.39, 0.29) is 5.91 Å². The highest BCUT2D eigenvalue weighted by molar-refractivity contribution is 5.98. The maximum atomic E-state index is 13.2. The molecule has 0 radical (unpaired) electrons. The Morgan fingerprint density at radius 1 is 1.20 bits per heavy atom.